The Labute approximate surface area is 137 Å². The lowest BCUT2D eigenvalue weighted by Crippen LogP contribution is -2.29. The van der Waals surface area contributed by atoms with Gasteiger partial charge in [0.05, 0.1) is 13.6 Å². The molecule has 9 nitrogen and oxygen atoms in total. The summed E-state index contributed by atoms with van der Waals surface area (Å²) >= 11 is 0. The number of aromatic nitrogens is 2. The molecule has 1 aromatic heterocycles. The summed E-state index contributed by atoms with van der Waals surface area (Å²) in [6.45, 7) is 0.413. The van der Waals surface area contributed by atoms with Crippen LogP contribution in [0.3, 0.4) is 0 Å². The summed E-state index contributed by atoms with van der Waals surface area (Å²) in [4.78, 5) is 31.8. The zero-order chi connectivity index (χ0) is 17.3. The van der Waals surface area contributed by atoms with E-state index in [-0.39, 0.29) is 5.82 Å². The lowest BCUT2D eigenvalue weighted by Gasteiger charge is -2.20. The summed E-state index contributed by atoms with van der Waals surface area (Å²) < 4.78 is 1.40. The van der Waals surface area contributed by atoms with Gasteiger partial charge in [0.2, 0.25) is 11.7 Å². The lowest BCUT2D eigenvalue weighted by atomic mass is 10.1. The Bertz CT molecular complexity index is 760. The molecule has 0 bridgehead atoms. The molecule has 2 N–H and O–H groups in total. The Hall–Kier alpha value is -2.78. The number of nitrogens with two attached hydrogens (primary N) is 1. The number of hydrogen-bond acceptors (Lipinski definition) is 6. The first-order valence-electron chi connectivity index (χ1n) is 7.40. The van der Waals surface area contributed by atoms with Crippen molar-refractivity contribution in [2.45, 2.75) is 25.1 Å². The molecular formula is C15H17N5O4. The van der Waals surface area contributed by atoms with Gasteiger partial charge in [-0.2, -0.15) is 5.06 Å². The molecule has 126 valence electrons. The summed E-state index contributed by atoms with van der Waals surface area (Å²) in [5, 5.41) is 12.6. The second kappa shape index (κ2) is 6.38. The molecule has 1 aliphatic rings. The molecule has 1 amide bonds. The Morgan fingerprint density at radius 3 is 2.75 bits per heavy atom. The maximum absolute atomic E-state index is 11.5. The molecule has 1 aliphatic heterocycles. The molecule has 3 rings (SSSR count). The third-order valence-electron chi connectivity index (χ3n) is 4.03. The number of carbonyl (C=O) groups is 1. The monoisotopic (exact) mass is 331 g/mol. The minimum Gasteiger partial charge on any atom is -0.367 e. The smallest absolute Gasteiger partial charge is 0.342 e. The number of benzene rings is 1. The van der Waals surface area contributed by atoms with E-state index in [4.69, 9.17) is 10.6 Å². The van der Waals surface area contributed by atoms with Gasteiger partial charge < -0.3 is 15.8 Å². The average Bonchev–Trinajstić information content (AvgIpc) is 3.12. The number of primary amides is 1. The maximum Gasteiger partial charge on any atom is 0.342 e. The Balaban J connectivity index is 1.90. The van der Waals surface area contributed by atoms with Crippen LogP contribution in [0.15, 0.2) is 36.5 Å². The fourth-order valence-corrected chi connectivity index (χ4v) is 2.81. The molecule has 0 radical (unpaired) electrons. The van der Waals surface area contributed by atoms with Crippen LogP contribution in [0, 0.1) is 10.1 Å². The van der Waals surface area contributed by atoms with Gasteiger partial charge in [0.1, 0.15) is 12.2 Å². The molecule has 0 saturated carbocycles. The van der Waals surface area contributed by atoms with E-state index in [1.807, 2.05) is 30.3 Å². The summed E-state index contributed by atoms with van der Waals surface area (Å²) in [6, 6.07) is 9.16. The molecular weight excluding hydrogens is 314 g/mol. The topological polar surface area (TPSA) is 117 Å². The van der Waals surface area contributed by atoms with Crippen LogP contribution in [0.2, 0.25) is 0 Å². The van der Waals surface area contributed by atoms with Crippen LogP contribution in [0.1, 0.15) is 23.9 Å². The number of carbonyl (C=O) groups excluding carboxylic acids is 1. The van der Waals surface area contributed by atoms with E-state index < -0.39 is 23.0 Å². The highest BCUT2D eigenvalue weighted by molar-refractivity contribution is 5.79. The largest absolute Gasteiger partial charge is 0.367 e. The van der Waals surface area contributed by atoms with Crippen LogP contribution >= 0.6 is 0 Å². The first-order valence-corrected chi connectivity index (χ1v) is 7.40. The van der Waals surface area contributed by atoms with E-state index >= 15 is 0 Å². The molecule has 0 aliphatic carbocycles. The molecule has 1 aromatic carbocycles. The third kappa shape index (κ3) is 2.99. The normalized spacial score (nSPS) is 21.0. The van der Waals surface area contributed by atoms with Crippen LogP contribution in [0.4, 0.5) is 5.82 Å². The summed E-state index contributed by atoms with van der Waals surface area (Å²) in [5.74, 6) is -0.229. The minimum absolute atomic E-state index is 0.118. The molecule has 2 aromatic rings. The summed E-state index contributed by atoms with van der Waals surface area (Å²) in [5.41, 5.74) is 6.34. The molecule has 24 heavy (non-hydrogen) atoms. The second-order valence-corrected chi connectivity index (χ2v) is 5.60. The summed E-state index contributed by atoms with van der Waals surface area (Å²) in [6.07, 6.45) is 0.715. The van der Waals surface area contributed by atoms with Gasteiger partial charge in [0.25, 0.3) is 0 Å². The highest BCUT2D eigenvalue weighted by atomic mass is 16.7. The van der Waals surface area contributed by atoms with E-state index in [1.54, 1.807) is 12.1 Å². The number of hydrogen-bond donors (Lipinski definition) is 1. The SMILES string of the molecule is Cn1c([N+](=O)[O-])cnc1C1CC(C(N)=O)ON1Cc1ccccc1. The predicted octanol–water partition coefficient (Wildman–Crippen LogP) is 1.06. The van der Waals surface area contributed by atoms with Gasteiger partial charge in [-0.15, -0.1) is 0 Å². The molecule has 1 fully saturated rings. The van der Waals surface area contributed by atoms with Crippen LogP contribution in [-0.2, 0) is 23.2 Å². The molecule has 0 spiro atoms. The van der Waals surface area contributed by atoms with Crippen molar-refractivity contribution in [3.05, 3.63) is 58.0 Å². The van der Waals surface area contributed by atoms with Crippen molar-refractivity contribution < 1.29 is 14.6 Å². The number of amides is 1. The maximum atomic E-state index is 11.5. The van der Waals surface area contributed by atoms with E-state index in [0.29, 0.717) is 18.8 Å². The van der Waals surface area contributed by atoms with Gasteiger partial charge in [-0.1, -0.05) is 30.3 Å². The first-order chi connectivity index (χ1) is 11.5. The molecule has 2 atom stereocenters. The Morgan fingerprint density at radius 1 is 1.46 bits per heavy atom. The number of hydroxylamine groups is 2. The Kier molecular flexibility index (Phi) is 4.28. The third-order valence-corrected chi connectivity index (χ3v) is 4.03. The van der Waals surface area contributed by atoms with E-state index in [9.17, 15) is 14.9 Å². The van der Waals surface area contributed by atoms with E-state index in [0.717, 1.165) is 5.56 Å². The van der Waals surface area contributed by atoms with Crippen molar-refractivity contribution in [2.75, 3.05) is 0 Å². The molecule has 9 heteroatoms. The van der Waals surface area contributed by atoms with Gasteiger partial charge in [0, 0.05) is 6.42 Å². The van der Waals surface area contributed by atoms with Gasteiger partial charge in [-0.05, 0) is 10.5 Å². The predicted molar refractivity (Wildman–Crippen MR) is 83.3 cm³/mol. The van der Waals surface area contributed by atoms with Crippen molar-refractivity contribution in [1.29, 1.82) is 0 Å². The lowest BCUT2D eigenvalue weighted by molar-refractivity contribution is -0.391. The molecule has 2 heterocycles. The quantitative estimate of drug-likeness (QED) is 0.647. The van der Waals surface area contributed by atoms with Crippen LogP contribution in [-0.4, -0.2) is 31.5 Å². The van der Waals surface area contributed by atoms with Crippen molar-refractivity contribution in [1.82, 2.24) is 14.6 Å². The fraction of sp³-hybridized carbons (Fsp3) is 0.333. The van der Waals surface area contributed by atoms with Crippen LogP contribution in [0.25, 0.3) is 0 Å². The van der Waals surface area contributed by atoms with Crippen molar-refractivity contribution in [3.8, 4) is 0 Å². The van der Waals surface area contributed by atoms with Gasteiger partial charge in [-0.3, -0.25) is 9.63 Å². The Morgan fingerprint density at radius 2 is 2.17 bits per heavy atom. The number of nitro groups is 1. The highest BCUT2D eigenvalue weighted by Crippen LogP contribution is 2.35. The van der Waals surface area contributed by atoms with Crippen LogP contribution < -0.4 is 5.73 Å². The van der Waals surface area contributed by atoms with Gasteiger partial charge in [0.15, 0.2) is 6.10 Å². The van der Waals surface area contributed by atoms with Gasteiger partial charge in [-0.25, -0.2) is 9.55 Å². The van der Waals surface area contributed by atoms with Crippen molar-refractivity contribution >= 4 is 11.7 Å². The number of imidazole rings is 1. The number of rotatable bonds is 5. The van der Waals surface area contributed by atoms with Crippen LogP contribution in [0.5, 0.6) is 0 Å². The van der Waals surface area contributed by atoms with Gasteiger partial charge >= 0.3 is 5.82 Å². The van der Waals surface area contributed by atoms with Crippen molar-refractivity contribution in [2.24, 2.45) is 12.8 Å². The fourth-order valence-electron chi connectivity index (χ4n) is 2.81. The van der Waals surface area contributed by atoms with Crippen molar-refractivity contribution in [3.63, 3.8) is 0 Å². The second-order valence-electron chi connectivity index (χ2n) is 5.60. The number of nitrogens with zero attached hydrogens (tertiary/aromatic N) is 4. The standard InChI is InChI=1S/C15H17N5O4/c1-18-13(20(22)23)8-17-15(18)11-7-12(14(16)21)24-19(11)9-10-5-3-2-4-6-10/h2-6,8,11-12H,7,9H2,1H3,(H2,16,21). The van der Waals surface area contributed by atoms with E-state index in [1.165, 1.54) is 10.8 Å². The minimum atomic E-state index is -0.783. The first kappa shape index (κ1) is 16.1. The van der Waals surface area contributed by atoms with E-state index in [2.05, 4.69) is 4.98 Å². The summed E-state index contributed by atoms with van der Waals surface area (Å²) in [7, 11) is 1.57. The molecule has 2 unspecified atom stereocenters. The molecule has 1 saturated heterocycles. The zero-order valence-electron chi connectivity index (χ0n) is 13.0. The average molecular weight is 331 g/mol. The highest BCUT2D eigenvalue weighted by Gasteiger charge is 2.42. The zero-order valence-corrected chi connectivity index (χ0v) is 13.0.